The largest absolute Gasteiger partial charge is 0.479 e. The second kappa shape index (κ2) is 12.9. The predicted molar refractivity (Wildman–Crippen MR) is 206 cm³/mol. The first kappa shape index (κ1) is 32.0. The third kappa shape index (κ3) is 5.70. The summed E-state index contributed by atoms with van der Waals surface area (Å²) in [5, 5.41) is 7.35. The Labute approximate surface area is 297 Å². The van der Waals surface area contributed by atoms with E-state index < -0.39 is 0 Å². The van der Waals surface area contributed by atoms with Crippen molar-refractivity contribution >= 4 is 21.8 Å². The van der Waals surface area contributed by atoms with Crippen molar-refractivity contribution in [2.75, 3.05) is 7.11 Å². The first-order valence-electron chi connectivity index (χ1n) is 17.3. The van der Waals surface area contributed by atoms with Crippen LogP contribution in [-0.4, -0.2) is 31.4 Å². The molecule has 51 heavy (non-hydrogen) atoms. The highest BCUT2D eigenvalue weighted by Gasteiger charge is 2.25. The van der Waals surface area contributed by atoms with Gasteiger partial charge in [-0.2, -0.15) is 0 Å². The van der Waals surface area contributed by atoms with Crippen LogP contribution in [0.3, 0.4) is 0 Å². The molecule has 0 unspecified atom stereocenters. The zero-order chi connectivity index (χ0) is 35.2. The smallest absolute Gasteiger partial charge is 0.241 e. The van der Waals surface area contributed by atoms with Crippen molar-refractivity contribution in [3.05, 3.63) is 143 Å². The number of nitrogens with zero attached hydrogens (tertiary/aromatic N) is 5. The highest BCUT2D eigenvalue weighted by atomic mass is 16.5. The molecule has 0 spiro atoms. The number of fused-ring (bicyclic) bond motifs is 3. The molecule has 0 atom stereocenters. The molecule has 4 heterocycles. The molecule has 0 bridgehead atoms. The van der Waals surface area contributed by atoms with Gasteiger partial charge in [-0.05, 0) is 122 Å². The van der Waals surface area contributed by atoms with Crippen molar-refractivity contribution < 1.29 is 9.47 Å². The van der Waals surface area contributed by atoms with Crippen LogP contribution in [0.4, 0.5) is 0 Å². The van der Waals surface area contributed by atoms with E-state index in [0.29, 0.717) is 11.6 Å². The lowest BCUT2D eigenvalue weighted by Gasteiger charge is -2.14. The number of ether oxygens (including phenoxy) is 2. The molecule has 0 saturated carbocycles. The van der Waals surface area contributed by atoms with Crippen LogP contribution in [0.15, 0.2) is 116 Å². The monoisotopic (exact) mass is 669 g/mol. The quantitative estimate of drug-likeness (QED) is 0.161. The molecule has 7 heteroatoms. The van der Waals surface area contributed by atoms with E-state index in [2.05, 4.69) is 106 Å². The molecule has 8 aromatic rings. The van der Waals surface area contributed by atoms with Gasteiger partial charge >= 0.3 is 0 Å². The number of hydrogen-bond donors (Lipinski definition) is 0. The molecule has 0 amide bonds. The van der Waals surface area contributed by atoms with Crippen molar-refractivity contribution in [3.63, 3.8) is 0 Å². The topological polar surface area (TPSA) is 67.0 Å². The summed E-state index contributed by atoms with van der Waals surface area (Å²) in [6, 6.07) is 35.5. The summed E-state index contributed by atoms with van der Waals surface area (Å²) in [6.07, 6.45) is 4.63. The minimum atomic E-state index is 0.529. The lowest BCUT2D eigenvalue weighted by atomic mass is 9.95. The van der Waals surface area contributed by atoms with Crippen molar-refractivity contribution in [1.82, 2.24) is 24.3 Å². The summed E-state index contributed by atoms with van der Waals surface area (Å²) in [6.45, 7) is 10.7. The highest BCUT2D eigenvalue weighted by molar-refractivity contribution is 6.09. The van der Waals surface area contributed by atoms with Gasteiger partial charge in [0.25, 0.3) is 0 Å². The van der Waals surface area contributed by atoms with Gasteiger partial charge in [0.2, 0.25) is 5.88 Å². The first-order valence-corrected chi connectivity index (χ1v) is 17.3. The zero-order valence-electron chi connectivity index (χ0n) is 29.7. The molecular weight excluding hydrogens is 631 g/mol. The zero-order valence-corrected chi connectivity index (χ0v) is 29.7. The van der Waals surface area contributed by atoms with Crippen LogP contribution < -0.4 is 9.47 Å². The maximum atomic E-state index is 6.68. The van der Waals surface area contributed by atoms with Gasteiger partial charge in [-0.3, -0.25) is 9.55 Å². The molecular formula is C44H39N5O2. The van der Waals surface area contributed by atoms with Crippen LogP contribution in [0.25, 0.3) is 55.8 Å². The standard InChI is InChI=1S/C44H39N5O2/c1-7-31-17-19-46-41(24-31)48-39-14-9-8-12-36(39)37-16-15-34(26-40(37)48)51-35-21-27(2)20-33(25-35)49-43(38-13-10-11-18-45-38)42(44(47-49)50-6)32-22-28(3)30(5)29(4)23-32/h8-26H,7H2,1-6H3. The fraction of sp³-hybridized carbons (Fsp3) is 0.159. The van der Waals surface area contributed by atoms with Crippen LogP contribution in [-0.2, 0) is 6.42 Å². The van der Waals surface area contributed by atoms with Gasteiger partial charge in [0.15, 0.2) is 0 Å². The summed E-state index contributed by atoms with van der Waals surface area (Å²) < 4.78 is 16.8. The van der Waals surface area contributed by atoms with E-state index in [1.165, 1.54) is 27.6 Å². The van der Waals surface area contributed by atoms with E-state index in [9.17, 15) is 0 Å². The Kier molecular flexibility index (Phi) is 8.11. The Bertz CT molecular complexity index is 2560. The Balaban J connectivity index is 1.26. The first-order chi connectivity index (χ1) is 24.8. The lowest BCUT2D eigenvalue weighted by Crippen LogP contribution is -2.02. The van der Waals surface area contributed by atoms with Crippen LogP contribution in [0.5, 0.6) is 17.4 Å². The highest BCUT2D eigenvalue weighted by Crippen LogP contribution is 2.42. The molecule has 0 fully saturated rings. The SMILES string of the molecule is CCc1ccnc(-n2c3ccccc3c3ccc(Oc4cc(C)cc(-n5nc(OC)c(-c6cc(C)c(C)c(C)c6)c5-c5ccccn5)c4)cc32)c1. The average molecular weight is 670 g/mol. The maximum absolute atomic E-state index is 6.68. The van der Waals surface area contributed by atoms with E-state index in [4.69, 9.17) is 24.5 Å². The van der Waals surface area contributed by atoms with Gasteiger partial charge in [-0.1, -0.05) is 43.3 Å². The van der Waals surface area contributed by atoms with Crippen LogP contribution in [0.1, 0.15) is 34.7 Å². The van der Waals surface area contributed by atoms with E-state index >= 15 is 0 Å². The Morgan fingerprint density at radius 2 is 1.47 bits per heavy atom. The van der Waals surface area contributed by atoms with E-state index in [1.807, 2.05) is 53.5 Å². The fourth-order valence-electron chi connectivity index (χ4n) is 7.02. The Morgan fingerprint density at radius 1 is 0.686 bits per heavy atom. The second-order valence-electron chi connectivity index (χ2n) is 13.1. The van der Waals surface area contributed by atoms with E-state index in [-0.39, 0.29) is 0 Å². The summed E-state index contributed by atoms with van der Waals surface area (Å²) in [5.41, 5.74) is 12.5. The fourth-order valence-corrected chi connectivity index (χ4v) is 7.02. The molecule has 0 aliphatic heterocycles. The molecule has 0 saturated heterocycles. The molecule has 0 N–H and O–H groups in total. The number of aromatic nitrogens is 5. The normalized spacial score (nSPS) is 11.4. The summed E-state index contributed by atoms with van der Waals surface area (Å²) in [4.78, 5) is 9.56. The van der Waals surface area contributed by atoms with Gasteiger partial charge < -0.3 is 9.47 Å². The van der Waals surface area contributed by atoms with Crippen molar-refractivity contribution in [2.45, 2.75) is 41.0 Å². The second-order valence-corrected chi connectivity index (χ2v) is 13.1. The number of para-hydroxylation sites is 1. The molecule has 0 aliphatic rings. The molecule has 4 aromatic heterocycles. The molecule has 0 aliphatic carbocycles. The molecule has 7 nitrogen and oxygen atoms in total. The van der Waals surface area contributed by atoms with Gasteiger partial charge in [0.1, 0.15) is 23.0 Å². The number of pyridine rings is 2. The Hall–Kier alpha value is -6.21. The lowest BCUT2D eigenvalue weighted by molar-refractivity contribution is 0.395. The third-order valence-corrected chi connectivity index (χ3v) is 9.78. The van der Waals surface area contributed by atoms with Crippen molar-refractivity contribution in [3.8, 4) is 51.4 Å². The maximum Gasteiger partial charge on any atom is 0.241 e. The third-order valence-electron chi connectivity index (χ3n) is 9.78. The van der Waals surface area contributed by atoms with Gasteiger partial charge in [0, 0.05) is 35.3 Å². The number of hydrogen-bond acceptors (Lipinski definition) is 5. The summed E-state index contributed by atoms with van der Waals surface area (Å²) >= 11 is 0. The minimum Gasteiger partial charge on any atom is -0.479 e. The van der Waals surface area contributed by atoms with E-state index in [0.717, 1.165) is 68.2 Å². The minimum absolute atomic E-state index is 0.529. The van der Waals surface area contributed by atoms with Crippen LogP contribution in [0, 0.1) is 27.7 Å². The Morgan fingerprint density at radius 3 is 2.24 bits per heavy atom. The summed E-state index contributed by atoms with van der Waals surface area (Å²) in [5.74, 6) is 2.84. The number of aryl methyl sites for hydroxylation is 4. The predicted octanol–water partition coefficient (Wildman–Crippen LogP) is 10.7. The number of rotatable bonds is 8. The van der Waals surface area contributed by atoms with Crippen LogP contribution >= 0.6 is 0 Å². The molecule has 4 aromatic carbocycles. The number of methoxy groups -OCH3 is 1. The molecule has 8 rings (SSSR count). The molecule has 0 radical (unpaired) electrons. The van der Waals surface area contributed by atoms with Gasteiger partial charge in [-0.15, -0.1) is 5.10 Å². The van der Waals surface area contributed by atoms with Gasteiger partial charge in [0.05, 0.1) is 35.1 Å². The molecule has 252 valence electrons. The van der Waals surface area contributed by atoms with E-state index in [1.54, 1.807) is 7.11 Å². The average Bonchev–Trinajstić information content (AvgIpc) is 3.70. The van der Waals surface area contributed by atoms with Crippen molar-refractivity contribution in [2.24, 2.45) is 0 Å². The number of benzene rings is 4. The van der Waals surface area contributed by atoms with Crippen LogP contribution in [0.2, 0.25) is 0 Å². The van der Waals surface area contributed by atoms with Gasteiger partial charge in [-0.25, -0.2) is 9.67 Å². The summed E-state index contributed by atoms with van der Waals surface area (Å²) in [7, 11) is 1.67. The van der Waals surface area contributed by atoms with Crippen molar-refractivity contribution in [1.29, 1.82) is 0 Å².